The maximum atomic E-state index is 12.4. The third kappa shape index (κ3) is 8.60. The first-order chi connectivity index (χ1) is 13.0. The highest BCUT2D eigenvalue weighted by Gasteiger charge is 2.21. The molecule has 0 aromatic heterocycles. The van der Waals surface area contributed by atoms with Crippen LogP contribution in [-0.2, 0) is 14.8 Å². The molecule has 0 saturated carbocycles. The van der Waals surface area contributed by atoms with E-state index in [0.29, 0.717) is 18.7 Å². The van der Waals surface area contributed by atoms with Crippen molar-refractivity contribution in [2.75, 3.05) is 23.5 Å². The van der Waals surface area contributed by atoms with Crippen LogP contribution in [0, 0.1) is 0 Å². The molecule has 0 fully saturated rings. The summed E-state index contributed by atoms with van der Waals surface area (Å²) in [5.74, 6) is -0.0166. The van der Waals surface area contributed by atoms with Gasteiger partial charge in [-0.2, -0.15) is 5.43 Å². The molecule has 7 heteroatoms. The second-order valence-electron chi connectivity index (χ2n) is 6.69. The maximum Gasteiger partial charge on any atom is 0.248 e. The quantitative estimate of drug-likeness (QED) is 0.263. The van der Waals surface area contributed by atoms with Gasteiger partial charge in [0.1, 0.15) is 6.73 Å². The number of anilines is 1. The summed E-state index contributed by atoms with van der Waals surface area (Å²) in [6.45, 7) is 6.59. The van der Waals surface area contributed by atoms with Crippen LogP contribution in [0.2, 0.25) is 0 Å². The fourth-order valence-electron chi connectivity index (χ4n) is 2.70. The summed E-state index contributed by atoms with van der Waals surface area (Å²) in [5, 5.41) is 10.3. The number of aliphatic hydroxyl groups is 1. The van der Waals surface area contributed by atoms with Gasteiger partial charge in [0.2, 0.25) is 10.0 Å². The van der Waals surface area contributed by atoms with Crippen LogP contribution in [0.1, 0.15) is 77.4 Å². The van der Waals surface area contributed by atoms with E-state index in [9.17, 15) is 13.5 Å². The van der Waals surface area contributed by atoms with Crippen LogP contribution in [0.25, 0.3) is 0 Å². The first kappa shape index (κ1) is 23.9. The van der Waals surface area contributed by atoms with E-state index in [1.54, 1.807) is 31.2 Å². The smallest absolute Gasteiger partial charge is 0.248 e. The van der Waals surface area contributed by atoms with Gasteiger partial charge in [-0.1, -0.05) is 58.1 Å². The third-order valence-electron chi connectivity index (χ3n) is 4.44. The van der Waals surface area contributed by atoms with Crippen molar-refractivity contribution in [2.24, 2.45) is 0 Å². The number of hydrogen-bond acceptors (Lipinski definition) is 5. The standard InChI is InChI=1S/C20H36N2O4S/c1-4-7-9-11-20(23)18-12-14-19(15-13-18)22(27(24,25)6-3)21-17-26-16-10-8-5-2/h12-15,20-21,23H,4-11,16-17H2,1-3H3. The molecule has 0 radical (unpaired) electrons. The minimum Gasteiger partial charge on any atom is -0.388 e. The molecule has 0 aliphatic rings. The van der Waals surface area contributed by atoms with Gasteiger partial charge in [0.25, 0.3) is 0 Å². The number of aliphatic hydroxyl groups excluding tert-OH is 1. The van der Waals surface area contributed by atoms with E-state index in [1.807, 2.05) is 0 Å². The molecule has 0 spiro atoms. The fourth-order valence-corrected chi connectivity index (χ4v) is 3.65. The SMILES string of the molecule is CCCCCOCNN(c1ccc(C(O)CCCCC)cc1)S(=O)(=O)CC. The van der Waals surface area contributed by atoms with Crippen LogP contribution in [0.15, 0.2) is 24.3 Å². The summed E-state index contributed by atoms with van der Waals surface area (Å²) in [7, 11) is -3.48. The predicted molar refractivity (Wildman–Crippen MR) is 111 cm³/mol. The molecule has 6 nitrogen and oxygen atoms in total. The van der Waals surface area contributed by atoms with Gasteiger partial charge in [-0.15, -0.1) is 0 Å². The molecule has 1 rings (SSSR count). The minimum absolute atomic E-state index is 0.0166. The Morgan fingerprint density at radius 1 is 1.04 bits per heavy atom. The molecule has 0 aliphatic carbocycles. The minimum atomic E-state index is -3.48. The molecule has 0 heterocycles. The average Bonchev–Trinajstić information content (AvgIpc) is 2.67. The van der Waals surface area contributed by atoms with Crippen molar-refractivity contribution in [1.29, 1.82) is 0 Å². The molecule has 1 unspecified atom stereocenters. The lowest BCUT2D eigenvalue weighted by Crippen LogP contribution is -2.45. The lowest BCUT2D eigenvalue weighted by molar-refractivity contribution is 0.114. The van der Waals surface area contributed by atoms with Gasteiger partial charge >= 0.3 is 0 Å². The van der Waals surface area contributed by atoms with Crippen molar-refractivity contribution in [3.63, 3.8) is 0 Å². The number of benzene rings is 1. The Labute approximate surface area is 164 Å². The monoisotopic (exact) mass is 400 g/mol. The van der Waals surface area contributed by atoms with Gasteiger partial charge in [-0.25, -0.2) is 12.8 Å². The van der Waals surface area contributed by atoms with Gasteiger partial charge in [0.05, 0.1) is 17.5 Å². The normalized spacial score (nSPS) is 12.9. The number of hydrazine groups is 1. The van der Waals surface area contributed by atoms with Gasteiger partial charge in [0, 0.05) is 6.61 Å². The summed E-state index contributed by atoms with van der Waals surface area (Å²) >= 11 is 0. The van der Waals surface area contributed by atoms with Crippen molar-refractivity contribution in [3.05, 3.63) is 29.8 Å². The van der Waals surface area contributed by atoms with Crippen LogP contribution in [0.4, 0.5) is 5.69 Å². The number of rotatable bonds is 15. The number of sulfonamides is 1. The zero-order chi connectivity index (χ0) is 20.1. The van der Waals surface area contributed by atoms with Crippen molar-refractivity contribution >= 4 is 15.7 Å². The van der Waals surface area contributed by atoms with Gasteiger partial charge in [0.15, 0.2) is 0 Å². The molecule has 0 aliphatic heterocycles. The van der Waals surface area contributed by atoms with Gasteiger partial charge < -0.3 is 9.84 Å². The first-order valence-electron chi connectivity index (χ1n) is 10.1. The molecular formula is C20H36N2O4S. The second kappa shape index (κ2) is 13.1. The lowest BCUT2D eigenvalue weighted by atomic mass is 10.0. The summed E-state index contributed by atoms with van der Waals surface area (Å²) in [5.41, 5.74) is 4.17. The van der Waals surface area contributed by atoms with Crippen molar-refractivity contribution < 1.29 is 18.3 Å². The molecule has 1 aromatic rings. The van der Waals surface area contributed by atoms with Crippen LogP contribution in [0.5, 0.6) is 0 Å². The highest BCUT2D eigenvalue weighted by atomic mass is 32.2. The Hall–Kier alpha value is -1.15. The third-order valence-corrected chi connectivity index (χ3v) is 6.06. The largest absolute Gasteiger partial charge is 0.388 e. The number of unbranched alkanes of at least 4 members (excludes halogenated alkanes) is 4. The Bertz CT molecular complexity index is 605. The van der Waals surface area contributed by atoms with Crippen LogP contribution >= 0.6 is 0 Å². The zero-order valence-electron chi connectivity index (χ0n) is 17.0. The molecule has 27 heavy (non-hydrogen) atoms. The lowest BCUT2D eigenvalue weighted by Gasteiger charge is -2.25. The van der Waals surface area contributed by atoms with E-state index in [1.165, 1.54) is 4.41 Å². The van der Waals surface area contributed by atoms with Crippen LogP contribution in [0.3, 0.4) is 0 Å². The van der Waals surface area contributed by atoms with E-state index < -0.39 is 16.1 Å². The van der Waals surface area contributed by atoms with Crippen molar-refractivity contribution in [3.8, 4) is 0 Å². The summed E-state index contributed by atoms with van der Waals surface area (Å²) < 4.78 is 31.5. The second-order valence-corrected chi connectivity index (χ2v) is 8.79. The number of nitrogens with zero attached hydrogens (tertiary/aromatic N) is 1. The molecule has 0 bridgehead atoms. The Morgan fingerprint density at radius 2 is 1.67 bits per heavy atom. The maximum absolute atomic E-state index is 12.4. The molecule has 156 valence electrons. The molecule has 1 atom stereocenters. The van der Waals surface area contributed by atoms with E-state index in [4.69, 9.17) is 4.74 Å². The van der Waals surface area contributed by atoms with Crippen LogP contribution < -0.4 is 9.84 Å². The molecule has 0 amide bonds. The highest BCUT2D eigenvalue weighted by Crippen LogP contribution is 2.23. The Morgan fingerprint density at radius 3 is 2.26 bits per heavy atom. The molecule has 2 N–H and O–H groups in total. The zero-order valence-corrected chi connectivity index (χ0v) is 17.8. The molecule has 1 aromatic carbocycles. The van der Waals surface area contributed by atoms with Crippen molar-refractivity contribution in [1.82, 2.24) is 5.43 Å². The number of ether oxygens (including phenoxy) is 1. The van der Waals surface area contributed by atoms with E-state index in [-0.39, 0.29) is 12.5 Å². The summed E-state index contributed by atoms with van der Waals surface area (Å²) in [6.07, 6.45) is 6.56. The van der Waals surface area contributed by atoms with E-state index in [2.05, 4.69) is 19.3 Å². The topological polar surface area (TPSA) is 78.9 Å². The van der Waals surface area contributed by atoms with E-state index in [0.717, 1.165) is 44.1 Å². The van der Waals surface area contributed by atoms with Gasteiger partial charge in [-0.3, -0.25) is 0 Å². The Kier molecular flexibility index (Phi) is 11.6. The summed E-state index contributed by atoms with van der Waals surface area (Å²) in [6, 6.07) is 7.01. The van der Waals surface area contributed by atoms with Crippen LogP contribution in [-0.4, -0.2) is 32.6 Å². The molecular weight excluding hydrogens is 364 g/mol. The fraction of sp³-hybridized carbons (Fsp3) is 0.700. The Balaban J connectivity index is 2.72. The van der Waals surface area contributed by atoms with Gasteiger partial charge in [-0.05, 0) is 37.5 Å². The van der Waals surface area contributed by atoms with E-state index >= 15 is 0 Å². The average molecular weight is 401 g/mol. The number of nitrogens with one attached hydrogen (secondary N) is 1. The highest BCUT2D eigenvalue weighted by molar-refractivity contribution is 7.92. The van der Waals surface area contributed by atoms with Crippen molar-refractivity contribution in [2.45, 2.75) is 71.8 Å². The number of hydrogen-bond donors (Lipinski definition) is 2. The first-order valence-corrected chi connectivity index (χ1v) is 11.7. The molecule has 0 saturated heterocycles. The predicted octanol–water partition coefficient (Wildman–Crippen LogP) is 4.13. The summed E-state index contributed by atoms with van der Waals surface area (Å²) in [4.78, 5) is 0.